The second-order valence-corrected chi connectivity index (χ2v) is 15.3. The zero-order chi connectivity index (χ0) is 32.8. The van der Waals surface area contributed by atoms with Crippen molar-refractivity contribution in [1.82, 2.24) is 26.2 Å². The molecule has 3 saturated carbocycles. The van der Waals surface area contributed by atoms with Gasteiger partial charge in [0.2, 0.25) is 17.6 Å². The highest BCUT2D eigenvalue weighted by Crippen LogP contribution is 2.40. The van der Waals surface area contributed by atoms with Crippen molar-refractivity contribution in [2.75, 3.05) is 6.54 Å². The summed E-state index contributed by atoms with van der Waals surface area (Å²) in [5.41, 5.74) is -1.39. The number of carbonyl (C=O) groups is 5. The van der Waals surface area contributed by atoms with E-state index in [2.05, 4.69) is 21.3 Å². The van der Waals surface area contributed by atoms with Crippen molar-refractivity contribution >= 4 is 40.6 Å². The van der Waals surface area contributed by atoms with Crippen LogP contribution in [0.2, 0.25) is 0 Å². The average molecular weight is 652 g/mol. The molecule has 5 amide bonds. The van der Waals surface area contributed by atoms with Crippen molar-refractivity contribution < 1.29 is 32.7 Å². The van der Waals surface area contributed by atoms with Gasteiger partial charge in [-0.15, -0.1) is 0 Å². The summed E-state index contributed by atoms with van der Waals surface area (Å²) in [5, 5.41) is 10.8. The summed E-state index contributed by atoms with van der Waals surface area (Å²) in [7, 11) is 0. The van der Waals surface area contributed by atoms with E-state index in [0.717, 1.165) is 64.2 Å². The third-order valence-electron chi connectivity index (χ3n) is 10.6. The van der Waals surface area contributed by atoms with Crippen LogP contribution in [-0.2, 0) is 30.3 Å². The van der Waals surface area contributed by atoms with Crippen LogP contribution in [0.5, 0.6) is 0 Å². The van der Waals surface area contributed by atoms with E-state index in [1.54, 1.807) is 6.92 Å². The SMILES string of the molecule is CCCC(NC(=O)C1CCCN1C(=O)C(NC(=O)NC1(C(C)S(=O)O)CCCCC1)C1(C)CCCCC1)C(=O)C(=O)NC1CC1. The molecular weight excluding hydrogens is 598 g/mol. The van der Waals surface area contributed by atoms with E-state index >= 15 is 0 Å². The fraction of sp³-hybridized carbons (Fsp3) is 0.844. The molecule has 12 nitrogen and oxygen atoms in total. The van der Waals surface area contributed by atoms with Gasteiger partial charge in [0.25, 0.3) is 5.91 Å². The van der Waals surface area contributed by atoms with Crippen LogP contribution < -0.4 is 21.3 Å². The predicted molar refractivity (Wildman–Crippen MR) is 170 cm³/mol. The second-order valence-electron chi connectivity index (χ2n) is 14.0. The number of likely N-dealkylation sites (tertiary alicyclic amines) is 1. The number of amides is 5. The summed E-state index contributed by atoms with van der Waals surface area (Å²) in [5.74, 6) is -2.17. The molecule has 5 atom stereocenters. The Morgan fingerprint density at radius 2 is 1.53 bits per heavy atom. The first-order valence-electron chi connectivity index (χ1n) is 17.0. The average Bonchev–Trinajstić information content (AvgIpc) is 3.69. The zero-order valence-electron chi connectivity index (χ0n) is 27.2. The van der Waals surface area contributed by atoms with Gasteiger partial charge in [0.05, 0.1) is 16.8 Å². The van der Waals surface area contributed by atoms with Crippen LogP contribution in [0.1, 0.15) is 124 Å². The summed E-state index contributed by atoms with van der Waals surface area (Å²) >= 11 is -2.13. The fourth-order valence-electron chi connectivity index (χ4n) is 7.52. The molecule has 5 unspecified atom stereocenters. The summed E-state index contributed by atoms with van der Waals surface area (Å²) < 4.78 is 22.1. The minimum Gasteiger partial charge on any atom is -0.347 e. The highest BCUT2D eigenvalue weighted by Gasteiger charge is 2.48. The lowest BCUT2D eigenvalue weighted by molar-refractivity contribution is -0.144. The number of nitrogens with one attached hydrogen (secondary N) is 4. The van der Waals surface area contributed by atoms with Crippen molar-refractivity contribution in [2.45, 2.75) is 158 Å². The van der Waals surface area contributed by atoms with Gasteiger partial charge in [0.1, 0.15) is 12.1 Å². The summed E-state index contributed by atoms with van der Waals surface area (Å²) in [6, 6.07) is -3.22. The number of ketones is 1. The van der Waals surface area contributed by atoms with E-state index < -0.39 is 69.0 Å². The predicted octanol–water partition coefficient (Wildman–Crippen LogP) is 3.06. The minimum absolute atomic E-state index is 0.0205. The monoisotopic (exact) mass is 651 g/mol. The third-order valence-corrected chi connectivity index (χ3v) is 11.6. The molecule has 0 bridgehead atoms. The molecule has 5 N–H and O–H groups in total. The maximum atomic E-state index is 14.4. The summed E-state index contributed by atoms with van der Waals surface area (Å²) in [4.78, 5) is 68.6. The van der Waals surface area contributed by atoms with E-state index in [9.17, 15) is 32.7 Å². The Bertz CT molecular complexity index is 1130. The quantitative estimate of drug-likeness (QED) is 0.150. The van der Waals surface area contributed by atoms with Gasteiger partial charge in [0.15, 0.2) is 11.1 Å². The van der Waals surface area contributed by atoms with Crippen molar-refractivity contribution in [3.8, 4) is 0 Å². The molecule has 1 aliphatic heterocycles. The van der Waals surface area contributed by atoms with Gasteiger partial charge in [-0.3, -0.25) is 19.2 Å². The molecule has 13 heteroatoms. The number of hydrogen-bond acceptors (Lipinski definition) is 6. The van der Waals surface area contributed by atoms with Crippen molar-refractivity contribution in [1.29, 1.82) is 0 Å². The highest BCUT2D eigenvalue weighted by molar-refractivity contribution is 7.80. The fourth-order valence-corrected chi connectivity index (χ4v) is 8.20. The van der Waals surface area contributed by atoms with Gasteiger partial charge in [-0.05, 0) is 70.1 Å². The van der Waals surface area contributed by atoms with Crippen LogP contribution in [0.4, 0.5) is 4.79 Å². The standard InChI is InChI=1S/C32H53N5O7S/c1-4-12-23(25(38)28(40)33-22-14-15-22)34-27(39)24-13-11-20-37(24)29(41)26(31(3)16-7-5-8-17-31)35-30(42)36-32(21(2)45(43)44)18-9-6-10-19-32/h21-24,26H,4-20H2,1-3H3,(H,33,40)(H,34,39)(H,43,44)(H2,35,36,42). The van der Waals surface area contributed by atoms with Crippen LogP contribution in [0.15, 0.2) is 0 Å². The lowest BCUT2D eigenvalue weighted by atomic mass is 9.70. The first-order valence-corrected chi connectivity index (χ1v) is 18.2. The van der Waals surface area contributed by atoms with E-state index in [0.29, 0.717) is 45.1 Å². The van der Waals surface area contributed by atoms with Gasteiger partial charge in [0, 0.05) is 12.6 Å². The molecule has 1 saturated heterocycles. The van der Waals surface area contributed by atoms with E-state index in [1.807, 2.05) is 13.8 Å². The molecule has 4 rings (SSSR count). The van der Waals surface area contributed by atoms with Crippen molar-refractivity contribution in [2.24, 2.45) is 5.41 Å². The molecule has 0 aromatic carbocycles. The van der Waals surface area contributed by atoms with Crippen molar-refractivity contribution in [3.63, 3.8) is 0 Å². The first kappa shape index (κ1) is 35.3. The van der Waals surface area contributed by atoms with Gasteiger partial charge in [-0.25, -0.2) is 9.00 Å². The third kappa shape index (κ3) is 8.64. The molecule has 0 spiro atoms. The molecule has 4 fully saturated rings. The Kier molecular flexibility index (Phi) is 12.1. The van der Waals surface area contributed by atoms with E-state index in [4.69, 9.17) is 0 Å². The van der Waals surface area contributed by atoms with Gasteiger partial charge in [-0.2, -0.15) is 0 Å². The Balaban J connectivity index is 1.51. The molecule has 0 radical (unpaired) electrons. The van der Waals surface area contributed by atoms with Crippen LogP contribution in [0.25, 0.3) is 0 Å². The van der Waals surface area contributed by atoms with E-state index in [-0.39, 0.29) is 11.9 Å². The Morgan fingerprint density at radius 1 is 0.911 bits per heavy atom. The maximum Gasteiger partial charge on any atom is 0.315 e. The van der Waals surface area contributed by atoms with Gasteiger partial charge >= 0.3 is 6.03 Å². The normalized spacial score (nSPS) is 25.2. The molecule has 0 aromatic heterocycles. The van der Waals surface area contributed by atoms with Crippen LogP contribution >= 0.6 is 0 Å². The second kappa shape index (κ2) is 15.4. The topological polar surface area (TPSA) is 174 Å². The molecule has 0 aromatic rings. The van der Waals surface area contributed by atoms with Gasteiger partial charge < -0.3 is 30.7 Å². The molecule has 4 aliphatic rings. The van der Waals surface area contributed by atoms with Crippen LogP contribution in [0, 0.1) is 5.41 Å². The number of nitrogens with zero attached hydrogens (tertiary/aromatic N) is 1. The lowest BCUT2D eigenvalue weighted by Crippen LogP contribution is -2.65. The molecule has 3 aliphatic carbocycles. The number of rotatable bonds is 13. The van der Waals surface area contributed by atoms with Crippen molar-refractivity contribution in [3.05, 3.63) is 0 Å². The van der Waals surface area contributed by atoms with Crippen LogP contribution in [0.3, 0.4) is 0 Å². The number of Topliss-reactive ketones (excluding diaryl/α,β-unsaturated/α-hetero) is 1. The summed E-state index contributed by atoms with van der Waals surface area (Å²) in [6.45, 7) is 5.90. The zero-order valence-corrected chi connectivity index (χ0v) is 28.0. The maximum absolute atomic E-state index is 14.4. The smallest absolute Gasteiger partial charge is 0.315 e. The Labute approximate surface area is 269 Å². The number of urea groups is 1. The highest BCUT2D eigenvalue weighted by atomic mass is 32.2. The lowest BCUT2D eigenvalue weighted by Gasteiger charge is -2.44. The first-order chi connectivity index (χ1) is 21.4. The molecule has 254 valence electrons. The largest absolute Gasteiger partial charge is 0.347 e. The Hall–Kier alpha value is -2.54. The minimum atomic E-state index is -2.13. The Morgan fingerprint density at radius 3 is 2.11 bits per heavy atom. The van der Waals surface area contributed by atoms with E-state index in [1.165, 1.54) is 4.90 Å². The molecular formula is C32H53N5O7S. The van der Waals surface area contributed by atoms with Crippen LogP contribution in [-0.4, -0.2) is 84.7 Å². The summed E-state index contributed by atoms with van der Waals surface area (Å²) in [6.07, 6.45) is 11.7. The van der Waals surface area contributed by atoms with Gasteiger partial charge in [-0.1, -0.05) is 58.8 Å². The molecule has 1 heterocycles. The number of carbonyl (C=O) groups excluding carboxylic acids is 5. The molecule has 45 heavy (non-hydrogen) atoms. The number of hydrogen-bond donors (Lipinski definition) is 5.